The fraction of sp³-hybridized carbons (Fsp3) is 0.650. The molecule has 1 aromatic rings. The molecule has 1 N–H and O–H groups in total. The fourth-order valence-electron chi connectivity index (χ4n) is 4.61. The van der Waals surface area contributed by atoms with Crippen LogP contribution in [0.2, 0.25) is 0 Å². The zero-order valence-electron chi connectivity index (χ0n) is 15.1. The number of hydrogen-bond acceptors (Lipinski definition) is 3. The summed E-state index contributed by atoms with van der Waals surface area (Å²) in [7, 11) is 1.77. The number of ether oxygens (including phenoxy) is 1. The highest BCUT2D eigenvalue weighted by atomic mass is 16.5. The molecular formula is C20H30N2O2. The van der Waals surface area contributed by atoms with Gasteiger partial charge in [0.25, 0.3) is 0 Å². The molecule has 1 saturated heterocycles. The number of likely N-dealkylation sites (tertiary alicyclic amines) is 1. The molecule has 1 aromatic carbocycles. The molecular weight excluding hydrogens is 300 g/mol. The predicted octanol–water partition coefficient (Wildman–Crippen LogP) is 2.61. The maximum Gasteiger partial charge on any atom is 0.217 e. The third-order valence-electron chi connectivity index (χ3n) is 5.78. The van der Waals surface area contributed by atoms with Crippen molar-refractivity contribution in [3.63, 3.8) is 0 Å². The minimum absolute atomic E-state index is 0.0484. The normalized spacial score (nSPS) is 30.1. The molecule has 0 spiro atoms. The van der Waals surface area contributed by atoms with E-state index in [1.165, 1.54) is 11.1 Å². The molecule has 1 heterocycles. The second-order valence-electron chi connectivity index (χ2n) is 7.39. The lowest BCUT2D eigenvalue weighted by Crippen LogP contribution is -2.49. The van der Waals surface area contributed by atoms with Gasteiger partial charge in [0, 0.05) is 33.7 Å². The van der Waals surface area contributed by atoms with Crippen LogP contribution in [-0.2, 0) is 22.5 Å². The van der Waals surface area contributed by atoms with Crippen LogP contribution in [0.3, 0.4) is 0 Å². The van der Waals surface area contributed by atoms with E-state index in [4.69, 9.17) is 4.74 Å². The Morgan fingerprint density at radius 1 is 1.21 bits per heavy atom. The SMILES string of the molecule is CCc1ccccc1CN1C[C@H]2C[C@@H](NC(C)=O)[C@H](OC)C[C@H]2C1. The Hall–Kier alpha value is -1.39. The van der Waals surface area contributed by atoms with E-state index in [1.807, 2.05) is 0 Å². The van der Waals surface area contributed by atoms with Crippen molar-refractivity contribution in [2.75, 3.05) is 20.2 Å². The van der Waals surface area contributed by atoms with Crippen LogP contribution in [0.5, 0.6) is 0 Å². The summed E-state index contributed by atoms with van der Waals surface area (Å²) in [4.78, 5) is 14.1. The van der Waals surface area contributed by atoms with Crippen molar-refractivity contribution in [1.29, 1.82) is 0 Å². The van der Waals surface area contributed by atoms with Gasteiger partial charge in [-0.05, 0) is 42.2 Å². The summed E-state index contributed by atoms with van der Waals surface area (Å²) in [6.45, 7) is 7.15. The lowest BCUT2D eigenvalue weighted by Gasteiger charge is -2.37. The number of aryl methyl sites for hydroxylation is 1. The molecule has 2 aliphatic rings. The first-order valence-corrected chi connectivity index (χ1v) is 9.19. The second-order valence-corrected chi connectivity index (χ2v) is 7.39. The summed E-state index contributed by atoms with van der Waals surface area (Å²) >= 11 is 0. The van der Waals surface area contributed by atoms with Crippen molar-refractivity contribution in [2.24, 2.45) is 11.8 Å². The predicted molar refractivity (Wildman–Crippen MR) is 95.7 cm³/mol. The van der Waals surface area contributed by atoms with Gasteiger partial charge >= 0.3 is 0 Å². The van der Waals surface area contributed by atoms with E-state index in [0.717, 1.165) is 38.9 Å². The first kappa shape index (κ1) is 17.4. The van der Waals surface area contributed by atoms with E-state index in [-0.39, 0.29) is 18.1 Å². The van der Waals surface area contributed by atoms with Crippen LogP contribution < -0.4 is 5.32 Å². The van der Waals surface area contributed by atoms with Gasteiger partial charge in [0.05, 0.1) is 12.1 Å². The number of nitrogens with one attached hydrogen (secondary N) is 1. The molecule has 1 saturated carbocycles. The van der Waals surface area contributed by atoms with Crippen LogP contribution in [0.4, 0.5) is 0 Å². The molecule has 1 amide bonds. The average molecular weight is 330 g/mol. The number of hydrogen-bond donors (Lipinski definition) is 1. The highest BCUT2D eigenvalue weighted by Crippen LogP contribution is 2.38. The Morgan fingerprint density at radius 2 is 1.88 bits per heavy atom. The molecule has 1 aliphatic carbocycles. The number of fused-ring (bicyclic) bond motifs is 1. The summed E-state index contributed by atoms with van der Waals surface area (Å²) in [6, 6.07) is 8.95. The van der Waals surface area contributed by atoms with Crippen molar-refractivity contribution in [2.45, 2.75) is 51.8 Å². The van der Waals surface area contributed by atoms with Gasteiger partial charge in [-0.1, -0.05) is 31.2 Å². The zero-order chi connectivity index (χ0) is 17.1. The van der Waals surface area contributed by atoms with E-state index in [0.29, 0.717) is 11.8 Å². The van der Waals surface area contributed by atoms with Crippen LogP contribution in [0.15, 0.2) is 24.3 Å². The molecule has 0 unspecified atom stereocenters. The summed E-state index contributed by atoms with van der Waals surface area (Å²) < 4.78 is 5.67. The Kier molecular flexibility index (Phi) is 5.57. The summed E-state index contributed by atoms with van der Waals surface area (Å²) in [6.07, 6.45) is 3.33. The van der Waals surface area contributed by atoms with Gasteiger partial charge in [0.2, 0.25) is 5.91 Å². The van der Waals surface area contributed by atoms with Gasteiger partial charge < -0.3 is 10.1 Å². The van der Waals surface area contributed by atoms with Crippen LogP contribution >= 0.6 is 0 Å². The highest BCUT2D eigenvalue weighted by molar-refractivity contribution is 5.73. The minimum Gasteiger partial charge on any atom is -0.379 e. The Balaban J connectivity index is 1.65. The molecule has 0 bridgehead atoms. The maximum atomic E-state index is 11.5. The lowest BCUT2D eigenvalue weighted by molar-refractivity contribution is -0.121. The smallest absolute Gasteiger partial charge is 0.217 e. The van der Waals surface area contributed by atoms with E-state index in [2.05, 4.69) is 41.4 Å². The van der Waals surface area contributed by atoms with Gasteiger partial charge in [-0.25, -0.2) is 0 Å². The number of carbonyl (C=O) groups excluding carboxylic acids is 1. The summed E-state index contributed by atoms with van der Waals surface area (Å²) in [5.74, 6) is 1.41. The number of rotatable bonds is 5. The van der Waals surface area contributed by atoms with Crippen molar-refractivity contribution in [3.05, 3.63) is 35.4 Å². The van der Waals surface area contributed by atoms with Crippen molar-refractivity contribution >= 4 is 5.91 Å². The third kappa shape index (κ3) is 3.81. The van der Waals surface area contributed by atoms with Gasteiger partial charge in [-0.15, -0.1) is 0 Å². The highest BCUT2D eigenvalue weighted by Gasteiger charge is 2.42. The van der Waals surface area contributed by atoms with Crippen molar-refractivity contribution < 1.29 is 9.53 Å². The molecule has 0 radical (unpaired) electrons. The molecule has 132 valence electrons. The first-order valence-electron chi connectivity index (χ1n) is 9.19. The molecule has 3 rings (SSSR count). The monoisotopic (exact) mass is 330 g/mol. The third-order valence-corrected chi connectivity index (χ3v) is 5.78. The van der Waals surface area contributed by atoms with Crippen LogP contribution in [-0.4, -0.2) is 43.2 Å². The lowest BCUT2D eigenvalue weighted by atomic mass is 9.77. The Morgan fingerprint density at radius 3 is 2.50 bits per heavy atom. The maximum absolute atomic E-state index is 11.5. The van der Waals surface area contributed by atoms with Crippen LogP contribution in [0.25, 0.3) is 0 Å². The Labute approximate surface area is 145 Å². The molecule has 0 aromatic heterocycles. The number of amides is 1. The van der Waals surface area contributed by atoms with Crippen molar-refractivity contribution in [1.82, 2.24) is 10.2 Å². The topological polar surface area (TPSA) is 41.6 Å². The van der Waals surface area contributed by atoms with Crippen LogP contribution in [0.1, 0.15) is 37.8 Å². The molecule has 2 fully saturated rings. The molecule has 4 atom stereocenters. The number of nitrogens with zero attached hydrogens (tertiary/aromatic N) is 1. The molecule has 24 heavy (non-hydrogen) atoms. The van der Waals surface area contributed by atoms with Gasteiger partial charge in [-0.3, -0.25) is 9.69 Å². The van der Waals surface area contributed by atoms with Gasteiger partial charge in [0.15, 0.2) is 0 Å². The van der Waals surface area contributed by atoms with E-state index >= 15 is 0 Å². The van der Waals surface area contributed by atoms with E-state index < -0.39 is 0 Å². The van der Waals surface area contributed by atoms with Gasteiger partial charge in [-0.2, -0.15) is 0 Å². The summed E-state index contributed by atoms with van der Waals surface area (Å²) in [5, 5.41) is 3.10. The van der Waals surface area contributed by atoms with Crippen molar-refractivity contribution in [3.8, 4) is 0 Å². The quantitative estimate of drug-likeness (QED) is 0.902. The first-order chi connectivity index (χ1) is 11.6. The van der Waals surface area contributed by atoms with Crippen LogP contribution in [0, 0.1) is 11.8 Å². The largest absolute Gasteiger partial charge is 0.379 e. The minimum atomic E-state index is 0.0484. The Bertz CT molecular complexity index is 575. The van der Waals surface area contributed by atoms with Gasteiger partial charge in [0.1, 0.15) is 0 Å². The second kappa shape index (κ2) is 7.66. The number of methoxy groups -OCH3 is 1. The zero-order valence-corrected chi connectivity index (χ0v) is 15.1. The van der Waals surface area contributed by atoms with E-state index in [1.54, 1.807) is 14.0 Å². The standard InChI is InChI=1S/C20H30N2O2/c1-4-15-7-5-6-8-16(15)11-22-12-17-9-19(21-14(2)23)20(24-3)10-18(17)13-22/h5-8,17-20H,4,9-13H2,1-3H3,(H,21,23)/t17-,18+,19-,20-/m1/s1. The fourth-order valence-corrected chi connectivity index (χ4v) is 4.61. The number of benzene rings is 1. The molecule has 4 heteroatoms. The molecule has 4 nitrogen and oxygen atoms in total. The summed E-state index contributed by atoms with van der Waals surface area (Å²) in [5.41, 5.74) is 2.92. The van der Waals surface area contributed by atoms with E-state index in [9.17, 15) is 4.79 Å². The average Bonchev–Trinajstić information content (AvgIpc) is 2.95. The number of carbonyl (C=O) groups is 1. The molecule has 1 aliphatic heterocycles.